The molecule has 0 spiro atoms. The average molecular weight is 730 g/mol. The summed E-state index contributed by atoms with van der Waals surface area (Å²) in [5.41, 5.74) is 14.3. The van der Waals surface area contributed by atoms with Crippen LogP contribution in [-0.2, 0) is 5.41 Å². The van der Waals surface area contributed by atoms with E-state index in [1.54, 1.807) is 0 Å². The molecule has 0 saturated heterocycles. The van der Waals surface area contributed by atoms with Crippen LogP contribution < -0.4 is 0 Å². The molecule has 1 aliphatic carbocycles. The number of nitrogens with zero attached hydrogens (tertiary/aromatic N) is 5. The molecule has 10 rings (SSSR count). The highest BCUT2D eigenvalue weighted by molar-refractivity contribution is 5.97. The number of fused-ring (bicyclic) bond motifs is 4. The van der Waals surface area contributed by atoms with Gasteiger partial charge in [-0.25, -0.2) is 15.0 Å². The first-order valence-corrected chi connectivity index (χ1v) is 19.1. The monoisotopic (exact) mass is 729 g/mol. The SMILES string of the molecule is CC1(C)c2cc(C#N)ccc2-c2ccc(-c3cc(-c4nc(-c5ccccc5)nc(-c5ccc(-c6ccccc6)cc5)n4)cc(-c4cncc5ccccc45)c3)cc21. The largest absolute Gasteiger partial charge is 0.263 e. The molecule has 0 bridgehead atoms. The van der Waals surface area contributed by atoms with E-state index in [1.807, 2.05) is 67.0 Å². The Kier molecular flexibility index (Phi) is 8.13. The van der Waals surface area contributed by atoms with Crippen molar-refractivity contribution in [2.75, 3.05) is 0 Å². The molecular weight excluding hydrogens is 695 g/mol. The molecule has 0 unspecified atom stereocenters. The zero-order valence-electron chi connectivity index (χ0n) is 31.5. The van der Waals surface area contributed by atoms with E-state index in [-0.39, 0.29) is 5.41 Å². The van der Waals surface area contributed by atoms with Crippen molar-refractivity contribution in [2.45, 2.75) is 19.3 Å². The first-order chi connectivity index (χ1) is 27.9. The summed E-state index contributed by atoms with van der Waals surface area (Å²) in [4.78, 5) is 20.1. The molecule has 9 aromatic rings. The molecule has 0 atom stereocenters. The van der Waals surface area contributed by atoms with Gasteiger partial charge < -0.3 is 0 Å². The number of benzene rings is 7. The molecule has 0 aliphatic heterocycles. The van der Waals surface area contributed by atoms with E-state index in [1.165, 1.54) is 22.3 Å². The van der Waals surface area contributed by atoms with Gasteiger partial charge in [-0.1, -0.05) is 141 Å². The highest BCUT2D eigenvalue weighted by Gasteiger charge is 2.36. The Labute approximate surface area is 331 Å². The molecule has 2 aromatic heterocycles. The van der Waals surface area contributed by atoms with Crippen LogP contribution in [0.4, 0.5) is 0 Å². The Bertz CT molecular complexity index is 3030. The van der Waals surface area contributed by atoms with Gasteiger partial charge >= 0.3 is 0 Å². The predicted molar refractivity (Wildman–Crippen MR) is 230 cm³/mol. The minimum absolute atomic E-state index is 0.280. The second-order valence-corrected chi connectivity index (χ2v) is 15.1. The summed E-state index contributed by atoms with van der Waals surface area (Å²) in [6.45, 7) is 4.49. The lowest BCUT2D eigenvalue weighted by Gasteiger charge is -2.22. The standard InChI is InChI=1S/C52H35N5/c1-52(2)47-25-33(30-53)17-23-44(47)45-24-22-38(29-48(45)52)40-26-41(46-32-54-31-39-15-9-10-16-43(39)46)28-42(27-40)51-56-49(36-13-7-4-8-14-36)55-50(57-51)37-20-18-35(19-21-37)34-11-5-3-6-12-34/h3-29,31-32H,1-2H3. The average Bonchev–Trinajstić information content (AvgIpc) is 3.51. The van der Waals surface area contributed by atoms with Crippen LogP contribution in [0.2, 0.25) is 0 Å². The first kappa shape index (κ1) is 34.0. The van der Waals surface area contributed by atoms with Crippen LogP contribution in [0.25, 0.3) is 89.4 Å². The van der Waals surface area contributed by atoms with Crippen molar-refractivity contribution in [2.24, 2.45) is 0 Å². The molecule has 1 aliphatic rings. The summed E-state index contributed by atoms with van der Waals surface area (Å²) in [6.07, 6.45) is 3.86. The molecule has 0 saturated carbocycles. The Morgan fingerprint density at radius 3 is 1.67 bits per heavy atom. The second kappa shape index (κ2) is 13.6. The molecule has 7 aromatic carbocycles. The molecule has 0 N–H and O–H groups in total. The number of aromatic nitrogens is 4. The highest BCUT2D eigenvalue weighted by Crippen LogP contribution is 2.50. The smallest absolute Gasteiger partial charge is 0.164 e. The van der Waals surface area contributed by atoms with E-state index in [9.17, 15) is 5.26 Å². The van der Waals surface area contributed by atoms with Crippen LogP contribution in [-0.4, -0.2) is 19.9 Å². The normalized spacial score (nSPS) is 12.5. The van der Waals surface area contributed by atoms with E-state index in [4.69, 9.17) is 15.0 Å². The van der Waals surface area contributed by atoms with Crippen molar-refractivity contribution in [3.63, 3.8) is 0 Å². The maximum atomic E-state index is 9.70. The van der Waals surface area contributed by atoms with E-state index in [0.29, 0.717) is 23.0 Å². The molecular formula is C52H35N5. The van der Waals surface area contributed by atoms with Crippen molar-refractivity contribution in [3.05, 3.63) is 193 Å². The van der Waals surface area contributed by atoms with E-state index in [2.05, 4.69) is 134 Å². The Morgan fingerprint density at radius 2 is 0.947 bits per heavy atom. The third-order valence-electron chi connectivity index (χ3n) is 11.2. The van der Waals surface area contributed by atoms with E-state index >= 15 is 0 Å². The minimum Gasteiger partial charge on any atom is -0.263 e. The summed E-state index contributed by atoms with van der Waals surface area (Å²) in [6, 6.07) is 59.0. The summed E-state index contributed by atoms with van der Waals surface area (Å²) in [7, 11) is 0. The topological polar surface area (TPSA) is 75.3 Å². The summed E-state index contributed by atoms with van der Waals surface area (Å²) < 4.78 is 0. The minimum atomic E-state index is -0.280. The van der Waals surface area contributed by atoms with Gasteiger partial charge in [-0.15, -0.1) is 0 Å². The van der Waals surface area contributed by atoms with Crippen LogP contribution in [0.1, 0.15) is 30.5 Å². The lowest BCUT2D eigenvalue weighted by atomic mass is 9.81. The maximum Gasteiger partial charge on any atom is 0.164 e. The van der Waals surface area contributed by atoms with Crippen LogP contribution in [0.5, 0.6) is 0 Å². The van der Waals surface area contributed by atoms with Gasteiger partial charge in [-0.05, 0) is 91.9 Å². The number of hydrogen-bond donors (Lipinski definition) is 0. The zero-order chi connectivity index (χ0) is 38.5. The molecule has 57 heavy (non-hydrogen) atoms. The molecule has 268 valence electrons. The summed E-state index contributed by atoms with van der Waals surface area (Å²) >= 11 is 0. The molecule has 2 heterocycles. The predicted octanol–water partition coefficient (Wildman–Crippen LogP) is 12.6. The fourth-order valence-electron chi connectivity index (χ4n) is 8.20. The second-order valence-electron chi connectivity index (χ2n) is 15.1. The Morgan fingerprint density at radius 1 is 0.421 bits per heavy atom. The van der Waals surface area contributed by atoms with Gasteiger partial charge in [0.15, 0.2) is 17.5 Å². The van der Waals surface area contributed by atoms with Gasteiger partial charge in [0.2, 0.25) is 0 Å². The quantitative estimate of drug-likeness (QED) is 0.170. The number of nitriles is 1. The van der Waals surface area contributed by atoms with Gasteiger partial charge in [0.1, 0.15) is 0 Å². The maximum absolute atomic E-state index is 9.70. The Hall–Kier alpha value is -7.55. The molecule has 0 amide bonds. The van der Waals surface area contributed by atoms with E-state index in [0.717, 1.165) is 60.8 Å². The number of hydrogen-bond acceptors (Lipinski definition) is 5. The summed E-state index contributed by atoms with van der Waals surface area (Å²) in [5, 5.41) is 11.9. The first-order valence-electron chi connectivity index (χ1n) is 19.1. The van der Waals surface area contributed by atoms with Crippen LogP contribution in [0.3, 0.4) is 0 Å². The lowest BCUT2D eigenvalue weighted by molar-refractivity contribution is 0.660. The fourth-order valence-corrected chi connectivity index (χ4v) is 8.20. The number of rotatable bonds is 6. The third kappa shape index (κ3) is 6.05. The van der Waals surface area contributed by atoms with Crippen molar-refractivity contribution in [3.8, 4) is 84.7 Å². The van der Waals surface area contributed by atoms with Crippen molar-refractivity contribution in [1.82, 2.24) is 19.9 Å². The van der Waals surface area contributed by atoms with Crippen LogP contribution in [0.15, 0.2) is 176 Å². The van der Waals surface area contributed by atoms with Gasteiger partial charge in [0.05, 0.1) is 11.6 Å². The summed E-state index contributed by atoms with van der Waals surface area (Å²) in [5.74, 6) is 1.79. The fraction of sp³-hybridized carbons (Fsp3) is 0.0577. The van der Waals surface area contributed by atoms with Crippen LogP contribution in [0, 0.1) is 11.3 Å². The van der Waals surface area contributed by atoms with Gasteiger partial charge in [0.25, 0.3) is 0 Å². The van der Waals surface area contributed by atoms with E-state index < -0.39 is 0 Å². The van der Waals surface area contributed by atoms with Gasteiger partial charge in [0, 0.05) is 45.4 Å². The molecule has 0 fully saturated rings. The van der Waals surface area contributed by atoms with Crippen LogP contribution >= 0.6 is 0 Å². The van der Waals surface area contributed by atoms with Gasteiger partial charge in [-0.2, -0.15) is 5.26 Å². The molecule has 0 radical (unpaired) electrons. The third-order valence-corrected chi connectivity index (χ3v) is 11.2. The highest BCUT2D eigenvalue weighted by atomic mass is 15.0. The zero-order valence-corrected chi connectivity index (χ0v) is 31.5. The van der Waals surface area contributed by atoms with Crippen molar-refractivity contribution in [1.29, 1.82) is 5.26 Å². The van der Waals surface area contributed by atoms with Gasteiger partial charge in [-0.3, -0.25) is 4.98 Å². The molecule has 5 heteroatoms. The lowest BCUT2D eigenvalue weighted by Crippen LogP contribution is -2.15. The van der Waals surface area contributed by atoms with Crippen molar-refractivity contribution >= 4 is 10.8 Å². The van der Waals surface area contributed by atoms with Crippen molar-refractivity contribution < 1.29 is 0 Å². The number of pyridine rings is 1. The Balaban J connectivity index is 1.17. The molecule has 5 nitrogen and oxygen atoms in total.